The van der Waals surface area contributed by atoms with E-state index in [-0.39, 0.29) is 38.6 Å². The lowest BCUT2D eigenvalue weighted by Crippen LogP contribution is -2.29. The number of carbonyl (C=O) groups is 2. The molecule has 2 unspecified atom stereocenters. The Balaban J connectivity index is 3.79. The smallest absolute Gasteiger partial charge is 0.462 e. The third-order valence-electron chi connectivity index (χ3n) is 17.7. The average Bonchev–Trinajstić information content (AvgIpc) is 1.35. The lowest BCUT2D eigenvalue weighted by Gasteiger charge is -2.19. The van der Waals surface area contributed by atoms with Crippen molar-refractivity contribution in [1.29, 1.82) is 0 Å². The maximum atomic E-state index is 12.8. The number of phosphoric ester groups is 1. The van der Waals surface area contributed by atoms with Gasteiger partial charge in [-0.25, -0.2) is 4.57 Å². The van der Waals surface area contributed by atoms with E-state index in [0.29, 0.717) is 6.42 Å². The van der Waals surface area contributed by atoms with Gasteiger partial charge >= 0.3 is 19.8 Å². The zero-order chi connectivity index (χ0) is 71.5. The molecule has 568 valence electrons. The molecule has 3 N–H and O–H groups in total. The summed E-state index contributed by atoms with van der Waals surface area (Å²) < 4.78 is 33.3. The Morgan fingerprint density at radius 1 is 0.303 bits per heavy atom. The molecule has 0 aromatic carbocycles. The van der Waals surface area contributed by atoms with Crippen LogP contribution in [0.3, 0.4) is 0 Å². The summed E-state index contributed by atoms with van der Waals surface area (Å²) in [5.41, 5.74) is 5.42. The van der Waals surface area contributed by atoms with Gasteiger partial charge in [-0.15, -0.1) is 0 Å². The van der Waals surface area contributed by atoms with Crippen LogP contribution in [0.1, 0.15) is 373 Å². The molecule has 0 aliphatic rings. The Hall–Kier alpha value is -4.11. The predicted octanol–water partition coefficient (Wildman–Crippen LogP) is 28.1. The number of nitrogens with two attached hydrogens (primary N) is 1. The zero-order valence-corrected chi connectivity index (χ0v) is 65.1. The molecule has 0 radical (unpaired) electrons. The number of unbranched alkanes of at least 4 members (excludes halogenated alkanes) is 40. The molecule has 0 rings (SSSR count). The van der Waals surface area contributed by atoms with Crippen LogP contribution in [-0.4, -0.2) is 49.3 Å². The molecule has 2 atom stereocenters. The fraction of sp³-hybridized carbons (Fsp3) is 0.708. The van der Waals surface area contributed by atoms with Gasteiger partial charge < -0.3 is 20.1 Å². The van der Waals surface area contributed by atoms with E-state index >= 15 is 0 Å². The van der Waals surface area contributed by atoms with Crippen molar-refractivity contribution in [2.75, 3.05) is 26.4 Å². The van der Waals surface area contributed by atoms with Crippen molar-refractivity contribution in [2.45, 2.75) is 380 Å². The molecule has 0 amide bonds. The molecule has 10 heteroatoms. The number of hydrogen-bond acceptors (Lipinski definition) is 8. The molecular formula is C89H154NO8P. The Labute approximate surface area is 611 Å². The molecule has 0 aliphatic heterocycles. The van der Waals surface area contributed by atoms with Gasteiger partial charge in [-0.1, -0.05) is 391 Å². The molecule has 0 saturated heterocycles. The maximum absolute atomic E-state index is 12.8. The largest absolute Gasteiger partial charge is 0.472 e. The molecule has 0 fully saturated rings. The highest BCUT2D eigenvalue weighted by Crippen LogP contribution is 2.43. The van der Waals surface area contributed by atoms with Crippen molar-refractivity contribution < 1.29 is 37.6 Å². The minimum absolute atomic E-state index is 0.0511. The Kier molecular flexibility index (Phi) is 79.4. The first-order valence-electron chi connectivity index (χ1n) is 41.3. The number of allylic oxidation sites excluding steroid dienone is 24. The van der Waals surface area contributed by atoms with Gasteiger partial charge in [-0.05, 0) is 116 Å². The van der Waals surface area contributed by atoms with Gasteiger partial charge in [0.2, 0.25) is 0 Å². The van der Waals surface area contributed by atoms with Crippen molar-refractivity contribution in [2.24, 2.45) is 5.73 Å². The van der Waals surface area contributed by atoms with E-state index in [9.17, 15) is 19.0 Å². The summed E-state index contributed by atoms with van der Waals surface area (Å²) in [6.07, 6.45) is 120. The monoisotopic (exact) mass is 1400 g/mol. The van der Waals surface area contributed by atoms with E-state index in [1.165, 1.54) is 225 Å². The highest BCUT2D eigenvalue weighted by molar-refractivity contribution is 7.47. The third kappa shape index (κ3) is 82.7. The van der Waals surface area contributed by atoms with Gasteiger partial charge in [-0.2, -0.15) is 0 Å². The standard InChI is InChI=1S/C89H154NO8P/c1-3-5-7-9-11-13-15-17-19-21-23-25-27-29-31-33-35-37-39-41-43-45-47-49-51-53-55-57-59-61-63-65-67-69-71-73-75-77-79-81-88(91)95-85-87(86-97-99(93,94)96-84-83-90)98-89(92)82-80-78-76-74-72-70-68-66-64-62-60-58-56-54-52-50-48-46-44-42-40-38-36-34-32-30-28-26-24-22-20-18-16-14-12-10-8-6-4-2/h5-8,11-14,17-20,23-26,29-32,36,38,42,44,87H,3-4,9-10,15-16,21-22,27-28,33-35,37,39-41,43,45-86,90H2,1-2H3,(H,93,94)/b7-5-,8-6-,13-11-,14-12-,19-17-,20-18-,25-23-,26-24-,31-29-,32-30-,38-36-,44-42-. The number of hydrogen-bond donors (Lipinski definition) is 2. The van der Waals surface area contributed by atoms with E-state index in [1.54, 1.807) is 0 Å². The van der Waals surface area contributed by atoms with Gasteiger partial charge in [0, 0.05) is 19.4 Å². The van der Waals surface area contributed by atoms with E-state index in [1.807, 2.05) is 0 Å². The van der Waals surface area contributed by atoms with Crippen molar-refractivity contribution in [3.8, 4) is 0 Å². The highest BCUT2D eigenvalue weighted by Gasteiger charge is 2.26. The summed E-state index contributed by atoms with van der Waals surface area (Å²) in [4.78, 5) is 35.5. The Bertz CT molecular complexity index is 2150. The van der Waals surface area contributed by atoms with Crippen LogP contribution in [0.15, 0.2) is 146 Å². The number of phosphoric acid groups is 1. The molecule has 0 aromatic heterocycles. The van der Waals surface area contributed by atoms with Gasteiger partial charge in [0.1, 0.15) is 6.61 Å². The van der Waals surface area contributed by atoms with Crippen LogP contribution in [0.25, 0.3) is 0 Å². The van der Waals surface area contributed by atoms with Crippen LogP contribution in [-0.2, 0) is 32.7 Å². The lowest BCUT2D eigenvalue weighted by molar-refractivity contribution is -0.161. The van der Waals surface area contributed by atoms with Crippen molar-refractivity contribution in [1.82, 2.24) is 0 Å². The van der Waals surface area contributed by atoms with Crippen molar-refractivity contribution in [3.63, 3.8) is 0 Å². The van der Waals surface area contributed by atoms with Gasteiger partial charge in [0.05, 0.1) is 13.2 Å². The highest BCUT2D eigenvalue weighted by atomic mass is 31.2. The van der Waals surface area contributed by atoms with E-state index in [4.69, 9.17) is 24.3 Å². The van der Waals surface area contributed by atoms with Crippen molar-refractivity contribution in [3.05, 3.63) is 146 Å². The second-order valence-corrected chi connectivity index (χ2v) is 28.7. The fourth-order valence-corrected chi connectivity index (χ4v) is 12.5. The number of esters is 2. The van der Waals surface area contributed by atoms with Crippen LogP contribution in [0.5, 0.6) is 0 Å². The maximum Gasteiger partial charge on any atom is 0.472 e. The molecular weight excluding hydrogens is 1240 g/mol. The average molecular weight is 1400 g/mol. The van der Waals surface area contributed by atoms with E-state index in [0.717, 1.165) is 116 Å². The predicted molar refractivity (Wildman–Crippen MR) is 431 cm³/mol. The first-order chi connectivity index (χ1) is 48.8. The summed E-state index contributed by atoms with van der Waals surface area (Å²) >= 11 is 0. The summed E-state index contributed by atoms with van der Waals surface area (Å²) in [6.45, 7) is 3.56. The Morgan fingerprint density at radius 3 is 0.778 bits per heavy atom. The summed E-state index contributed by atoms with van der Waals surface area (Å²) in [7, 11) is -4.40. The first-order valence-corrected chi connectivity index (χ1v) is 42.8. The first kappa shape index (κ1) is 94.9. The zero-order valence-electron chi connectivity index (χ0n) is 64.2. The second-order valence-electron chi connectivity index (χ2n) is 27.2. The molecule has 0 aromatic rings. The number of ether oxygens (including phenoxy) is 2. The minimum atomic E-state index is -4.40. The van der Waals surface area contributed by atoms with Crippen LogP contribution >= 0.6 is 7.82 Å². The van der Waals surface area contributed by atoms with Gasteiger partial charge in [-0.3, -0.25) is 18.6 Å². The minimum Gasteiger partial charge on any atom is -0.462 e. The lowest BCUT2D eigenvalue weighted by atomic mass is 10.0. The van der Waals surface area contributed by atoms with Crippen LogP contribution in [0.4, 0.5) is 0 Å². The number of rotatable bonds is 77. The summed E-state index contributed by atoms with van der Waals surface area (Å²) in [5, 5.41) is 0. The van der Waals surface area contributed by atoms with E-state index in [2.05, 4.69) is 160 Å². The van der Waals surface area contributed by atoms with E-state index < -0.39 is 26.5 Å². The topological polar surface area (TPSA) is 134 Å². The number of carbonyl (C=O) groups excluding carboxylic acids is 2. The van der Waals surface area contributed by atoms with Crippen molar-refractivity contribution >= 4 is 19.8 Å². The molecule has 0 bridgehead atoms. The fourth-order valence-electron chi connectivity index (χ4n) is 11.7. The normalized spacial score (nSPS) is 13.6. The molecule has 0 heterocycles. The molecule has 9 nitrogen and oxygen atoms in total. The van der Waals surface area contributed by atoms with Crippen LogP contribution < -0.4 is 5.73 Å². The third-order valence-corrected chi connectivity index (χ3v) is 18.7. The van der Waals surface area contributed by atoms with Crippen LogP contribution in [0.2, 0.25) is 0 Å². The Morgan fingerprint density at radius 2 is 0.525 bits per heavy atom. The molecule has 0 saturated carbocycles. The quantitative estimate of drug-likeness (QED) is 0.0264. The van der Waals surface area contributed by atoms with Gasteiger partial charge in [0.15, 0.2) is 6.10 Å². The molecule has 0 aliphatic carbocycles. The SMILES string of the molecule is CC/C=C\C/C=C\C/C=C\C/C=C\C/C=C\C/C=C\C/C=C\CCCCCCCCCCCCCCCCCCCC(=O)OC(COC(=O)CCCCCCCCCCCCCCCCCCCCCCCCC/C=C\C/C=C\C/C=C\C/C=C\C/C=C\CC)COP(=O)(O)OCCN. The molecule has 0 spiro atoms. The second kappa shape index (κ2) is 82.8. The van der Waals surface area contributed by atoms with Gasteiger partial charge in [0.25, 0.3) is 0 Å². The van der Waals surface area contributed by atoms with Crippen LogP contribution in [0, 0.1) is 0 Å². The summed E-state index contributed by atoms with van der Waals surface area (Å²) in [5.74, 6) is -0.814. The summed E-state index contributed by atoms with van der Waals surface area (Å²) in [6, 6.07) is 0. The molecule has 99 heavy (non-hydrogen) atoms.